The van der Waals surface area contributed by atoms with Crippen LogP contribution in [0.1, 0.15) is 15.5 Å². The van der Waals surface area contributed by atoms with Crippen LogP contribution in [0.15, 0.2) is 5.38 Å². The van der Waals surface area contributed by atoms with Gasteiger partial charge in [0.25, 0.3) is 5.91 Å². The number of amides is 1. The Labute approximate surface area is 133 Å². The lowest BCUT2D eigenvalue weighted by atomic mass is 9.93. The summed E-state index contributed by atoms with van der Waals surface area (Å²) in [6, 6.07) is 0. The Bertz CT molecular complexity index is 673. The van der Waals surface area contributed by atoms with Crippen molar-refractivity contribution in [1.82, 2.24) is 14.6 Å². The molecule has 0 aromatic carbocycles. The molecule has 1 aromatic heterocycles. The number of nitrogens with one attached hydrogen (secondary N) is 1. The maximum atomic E-state index is 12.4. The van der Waals surface area contributed by atoms with Crippen LogP contribution < -0.4 is 4.72 Å². The Morgan fingerprint density at radius 2 is 2.32 bits per heavy atom. The molecule has 0 saturated carbocycles. The average Bonchev–Trinajstić information content (AvgIpc) is 3.09. The van der Waals surface area contributed by atoms with E-state index in [1.165, 1.54) is 11.3 Å². The Kier molecular flexibility index (Phi) is 4.23. The zero-order valence-corrected chi connectivity index (χ0v) is 14.1. The Morgan fingerprint density at radius 3 is 2.95 bits per heavy atom. The van der Waals surface area contributed by atoms with Crippen LogP contribution in [0.2, 0.25) is 0 Å². The number of sulfonamides is 1. The number of carbonyl (C=O) groups is 1. The first-order chi connectivity index (χ1) is 10.3. The Hall–Kier alpha value is -1.03. The molecular formula is C13H19N3O4S2. The van der Waals surface area contributed by atoms with Crippen LogP contribution >= 0.6 is 11.3 Å². The SMILES string of the molecule is Cc1nc(C(=O)N2C[C@@H]3[C@@H](CNS(C)(=O)=O)CO[C@@H]3C2)cs1. The number of carbonyl (C=O) groups excluding carboxylic acids is 1. The molecule has 1 N–H and O–H groups in total. The van der Waals surface area contributed by atoms with Gasteiger partial charge >= 0.3 is 0 Å². The number of nitrogens with zero attached hydrogens (tertiary/aromatic N) is 2. The molecule has 7 nitrogen and oxygen atoms in total. The first-order valence-corrected chi connectivity index (χ1v) is 9.88. The second-order valence-electron chi connectivity index (χ2n) is 5.88. The Morgan fingerprint density at radius 1 is 1.55 bits per heavy atom. The van der Waals surface area contributed by atoms with Crippen LogP contribution in [-0.4, -0.2) is 62.8 Å². The van der Waals surface area contributed by atoms with Crippen molar-refractivity contribution in [2.24, 2.45) is 11.8 Å². The molecule has 0 unspecified atom stereocenters. The van der Waals surface area contributed by atoms with E-state index in [4.69, 9.17) is 4.74 Å². The van der Waals surface area contributed by atoms with Gasteiger partial charge in [0.1, 0.15) is 5.69 Å². The molecule has 3 heterocycles. The molecule has 0 aliphatic carbocycles. The van der Waals surface area contributed by atoms with Crippen molar-refractivity contribution < 1.29 is 17.9 Å². The number of rotatable bonds is 4. The Balaban J connectivity index is 1.63. The number of aromatic nitrogens is 1. The van der Waals surface area contributed by atoms with E-state index in [9.17, 15) is 13.2 Å². The van der Waals surface area contributed by atoms with Crippen molar-refractivity contribution in [3.8, 4) is 0 Å². The first-order valence-electron chi connectivity index (χ1n) is 7.11. The summed E-state index contributed by atoms with van der Waals surface area (Å²) in [5.74, 6) is 0.213. The fourth-order valence-electron chi connectivity index (χ4n) is 3.06. The molecule has 122 valence electrons. The maximum absolute atomic E-state index is 12.4. The zero-order chi connectivity index (χ0) is 15.9. The number of fused-ring (bicyclic) bond motifs is 1. The van der Waals surface area contributed by atoms with Gasteiger partial charge in [-0.2, -0.15) is 0 Å². The molecular weight excluding hydrogens is 326 g/mol. The summed E-state index contributed by atoms with van der Waals surface area (Å²) < 4.78 is 30.7. The molecule has 2 fully saturated rings. The van der Waals surface area contributed by atoms with Crippen LogP contribution in [0.4, 0.5) is 0 Å². The summed E-state index contributed by atoms with van der Waals surface area (Å²) in [5.41, 5.74) is 0.480. The molecule has 9 heteroatoms. The minimum atomic E-state index is -3.21. The first kappa shape index (κ1) is 15.9. The molecule has 0 spiro atoms. The molecule has 2 saturated heterocycles. The van der Waals surface area contributed by atoms with E-state index in [1.54, 1.807) is 10.3 Å². The van der Waals surface area contributed by atoms with E-state index >= 15 is 0 Å². The second-order valence-corrected chi connectivity index (χ2v) is 8.77. The van der Waals surface area contributed by atoms with Crippen LogP contribution in [0.25, 0.3) is 0 Å². The highest BCUT2D eigenvalue weighted by Gasteiger charge is 2.45. The summed E-state index contributed by atoms with van der Waals surface area (Å²) in [7, 11) is -3.21. The van der Waals surface area contributed by atoms with Gasteiger partial charge in [-0.05, 0) is 6.92 Å². The van der Waals surface area contributed by atoms with Crippen molar-refractivity contribution in [2.75, 3.05) is 32.5 Å². The van der Waals surface area contributed by atoms with Crippen molar-refractivity contribution in [2.45, 2.75) is 13.0 Å². The number of thiazole rings is 1. The van der Waals surface area contributed by atoms with Crippen molar-refractivity contribution in [3.63, 3.8) is 0 Å². The van der Waals surface area contributed by atoms with E-state index in [1.807, 2.05) is 6.92 Å². The lowest BCUT2D eigenvalue weighted by Crippen LogP contribution is -2.35. The van der Waals surface area contributed by atoms with Gasteiger partial charge < -0.3 is 9.64 Å². The van der Waals surface area contributed by atoms with E-state index in [-0.39, 0.29) is 23.8 Å². The second kappa shape index (κ2) is 5.88. The molecule has 3 atom stereocenters. The predicted molar refractivity (Wildman–Crippen MR) is 82.3 cm³/mol. The monoisotopic (exact) mass is 345 g/mol. The van der Waals surface area contributed by atoms with Gasteiger partial charge in [0.15, 0.2) is 0 Å². The van der Waals surface area contributed by atoms with Gasteiger partial charge in [-0.15, -0.1) is 11.3 Å². The summed E-state index contributed by atoms with van der Waals surface area (Å²) in [5, 5.41) is 2.64. The minimum Gasteiger partial charge on any atom is -0.376 e. The van der Waals surface area contributed by atoms with E-state index < -0.39 is 10.0 Å². The summed E-state index contributed by atoms with van der Waals surface area (Å²) in [6.45, 7) is 3.91. The number of hydrogen-bond donors (Lipinski definition) is 1. The summed E-state index contributed by atoms with van der Waals surface area (Å²) in [6.07, 6.45) is 1.14. The van der Waals surface area contributed by atoms with Gasteiger partial charge in [0.05, 0.1) is 24.0 Å². The van der Waals surface area contributed by atoms with Gasteiger partial charge in [0.2, 0.25) is 10.0 Å². The highest BCUT2D eigenvalue weighted by molar-refractivity contribution is 7.88. The normalized spacial score (nSPS) is 28.1. The van der Waals surface area contributed by atoms with E-state index in [0.29, 0.717) is 31.9 Å². The highest BCUT2D eigenvalue weighted by Crippen LogP contribution is 2.34. The molecule has 0 radical (unpaired) electrons. The van der Waals surface area contributed by atoms with Gasteiger partial charge in [0, 0.05) is 36.9 Å². The lowest BCUT2D eigenvalue weighted by Gasteiger charge is -2.19. The standard InChI is InChI=1S/C13H19N3O4S2/c1-8-15-11(7-21-8)13(17)16-4-10-9(3-14-22(2,18)19)6-20-12(10)5-16/h7,9-10,12,14H,3-6H2,1-2H3/t9-,10+,12+/m0/s1. The van der Waals surface area contributed by atoms with Crippen molar-refractivity contribution in [1.29, 1.82) is 0 Å². The smallest absolute Gasteiger partial charge is 0.273 e. The third-order valence-corrected chi connectivity index (χ3v) is 5.64. The van der Waals surface area contributed by atoms with Crippen LogP contribution in [-0.2, 0) is 14.8 Å². The fourth-order valence-corrected chi connectivity index (χ4v) is 4.16. The lowest BCUT2D eigenvalue weighted by molar-refractivity contribution is 0.0674. The van der Waals surface area contributed by atoms with Crippen LogP contribution in [0.5, 0.6) is 0 Å². The minimum absolute atomic E-state index is 0.00459. The molecule has 2 aliphatic heterocycles. The van der Waals surface area contributed by atoms with Crippen LogP contribution in [0, 0.1) is 18.8 Å². The van der Waals surface area contributed by atoms with Crippen molar-refractivity contribution >= 4 is 27.3 Å². The average molecular weight is 345 g/mol. The molecule has 1 amide bonds. The highest BCUT2D eigenvalue weighted by atomic mass is 32.2. The molecule has 2 aliphatic rings. The number of aryl methyl sites for hydroxylation is 1. The third kappa shape index (κ3) is 3.32. The zero-order valence-electron chi connectivity index (χ0n) is 12.5. The fraction of sp³-hybridized carbons (Fsp3) is 0.692. The van der Waals surface area contributed by atoms with Gasteiger partial charge in [-0.1, -0.05) is 0 Å². The number of ether oxygens (including phenoxy) is 1. The van der Waals surface area contributed by atoms with Gasteiger partial charge in [-0.3, -0.25) is 4.79 Å². The topological polar surface area (TPSA) is 88.6 Å². The third-order valence-electron chi connectivity index (χ3n) is 4.17. The summed E-state index contributed by atoms with van der Waals surface area (Å²) >= 11 is 1.46. The van der Waals surface area contributed by atoms with Gasteiger partial charge in [-0.25, -0.2) is 18.1 Å². The number of hydrogen-bond acceptors (Lipinski definition) is 6. The summed E-state index contributed by atoms with van der Waals surface area (Å²) in [4.78, 5) is 18.4. The van der Waals surface area contributed by atoms with E-state index in [2.05, 4.69) is 9.71 Å². The quantitative estimate of drug-likeness (QED) is 0.835. The predicted octanol–water partition coefficient (Wildman–Crippen LogP) is 0.0877. The molecule has 0 bridgehead atoms. The molecule has 1 aromatic rings. The number of likely N-dealkylation sites (tertiary alicyclic amines) is 1. The maximum Gasteiger partial charge on any atom is 0.273 e. The molecule has 22 heavy (non-hydrogen) atoms. The van der Waals surface area contributed by atoms with Crippen molar-refractivity contribution in [3.05, 3.63) is 16.1 Å². The largest absolute Gasteiger partial charge is 0.376 e. The van der Waals surface area contributed by atoms with Crippen LogP contribution in [0.3, 0.4) is 0 Å². The molecule has 3 rings (SSSR count). The van der Waals surface area contributed by atoms with E-state index in [0.717, 1.165) is 11.3 Å².